The van der Waals surface area contributed by atoms with Gasteiger partial charge in [0.05, 0.1) is 23.5 Å². The van der Waals surface area contributed by atoms with Crippen LogP contribution in [0.1, 0.15) is 18.7 Å². The van der Waals surface area contributed by atoms with Crippen molar-refractivity contribution in [3.05, 3.63) is 23.2 Å². The Morgan fingerprint density at radius 2 is 2.33 bits per heavy atom. The summed E-state index contributed by atoms with van der Waals surface area (Å²) < 4.78 is 1.51. The molecule has 0 N–H and O–H groups in total. The molecular weight excluding hydrogens is 214 g/mol. The van der Waals surface area contributed by atoms with Crippen LogP contribution in [0.15, 0.2) is 12.4 Å². The van der Waals surface area contributed by atoms with Gasteiger partial charge in [-0.1, -0.05) is 11.6 Å². The number of rotatable bonds is 1. The van der Waals surface area contributed by atoms with Crippen molar-refractivity contribution < 1.29 is 0 Å². The summed E-state index contributed by atoms with van der Waals surface area (Å²) in [5, 5.41) is 13.7. The number of nitrogens with zero attached hydrogens (tertiary/aromatic N) is 5. The third-order valence-corrected chi connectivity index (χ3v) is 2.75. The normalized spacial score (nSPS) is 17.6. The zero-order chi connectivity index (χ0) is 10.5. The molecule has 15 heavy (non-hydrogen) atoms. The van der Waals surface area contributed by atoms with Crippen molar-refractivity contribution in [2.75, 3.05) is 0 Å². The fourth-order valence-electron chi connectivity index (χ4n) is 1.47. The van der Waals surface area contributed by atoms with Gasteiger partial charge in [0.15, 0.2) is 5.82 Å². The molecule has 2 aromatic heterocycles. The molecule has 0 bridgehead atoms. The van der Waals surface area contributed by atoms with Crippen molar-refractivity contribution in [1.82, 2.24) is 19.6 Å². The molecule has 2 aromatic rings. The molecular formula is C9H6ClN5. The van der Waals surface area contributed by atoms with Crippen LogP contribution in [0.4, 0.5) is 0 Å². The highest BCUT2D eigenvalue weighted by Gasteiger charge is 2.48. The summed E-state index contributed by atoms with van der Waals surface area (Å²) in [6, 6.07) is 2.25. The lowest BCUT2D eigenvalue weighted by atomic mass is 10.1. The van der Waals surface area contributed by atoms with Crippen molar-refractivity contribution in [2.24, 2.45) is 0 Å². The monoisotopic (exact) mass is 219 g/mol. The van der Waals surface area contributed by atoms with Crippen molar-refractivity contribution in [3.63, 3.8) is 0 Å². The molecule has 0 atom stereocenters. The molecule has 0 spiro atoms. The zero-order valence-electron chi connectivity index (χ0n) is 7.68. The second-order valence-corrected chi connectivity index (χ2v) is 4.08. The van der Waals surface area contributed by atoms with Gasteiger partial charge in [0.1, 0.15) is 5.41 Å². The fourth-order valence-corrected chi connectivity index (χ4v) is 1.61. The first-order valence-electron chi connectivity index (χ1n) is 4.53. The first-order chi connectivity index (χ1) is 7.23. The van der Waals surface area contributed by atoms with E-state index in [1.807, 2.05) is 0 Å². The van der Waals surface area contributed by atoms with E-state index < -0.39 is 5.41 Å². The largest absolute Gasteiger partial charge is 0.252 e. The Balaban J connectivity index is 2.19. The van der Waals surface area contributed by atoms with E-state index in [-0.39, 0.29) is 0 Å². The van der Waals surface area contributed by atoms with Gasteiger partial charge in [-0.25, -0.2) is 9.50 Å². The summed E-state index contributed by atoms with van der Waals surface area (Å²) in [4.78, 5) is 8.24. The van der Waals surface area contributed by atoms with E-state index in [1.165, 1.54) is 10.7 Å². The van der Waals surface area contributed by atoms with Crippen molar-refractivity contribution >= 4 is 17.4 Å². The highest BCUT2D eigenvalue weighted by atomic mass is 35.5. The second kappa shape index (κ2) is 2.67. The summed E-state index contributed by atoms with van der Waals surface area (Å²) in [7, 11) is 0. The van der Waals surface area contributed by atoms with Crippen LogP contribution in [-0.2, 0) is 5.41 Å². The smallest absolute Gasteiger partial charge is 0.218 e. The Hall–Kier alpha value is -1.67. The van der Waals surface area contributed by atoms with Crippen LogP contribution in [0.25, 0.3) is 5.78 Å². The van der Waals surface area contributed by atoms with Crippen LogP contribution < -0.4 is 0 Å². The number of aromatic nitrogens is 4. The van der Waals surface area contributed by atoms with E-state index in [2.05, 4.69) is 21.1 Å². The Morgan fingerprint density at radius 3 is 3.00 bits per heavy atom. The van der Waals surface area contributed by atoms with E-state index >= 15 is 0 Å². The molecule has 0 aromatic carbocycles. The number of hydrogen-bond acceptors (Lipinski definition) is 4. The predicted octanol–water partition coefficient (Wildman–Crippen LogP) is 1.33. The van der Waals surface area contributed by atoms with Gasteiger partial charge < -0.3 is 0 Å². The van der Waals surface area contributed by atoms with E-state index in [4.69, 9.17) is 16.9 Å². The number of hydrogen-bond donors (Lipinski definition) is 0. The van der Waals surface area contributed by atoms with Gasteiger partial charge in [-0.2, -0.15) is 10.2 Å². The lowest BCUT2D eigenvalue weighted by Crippen LogP contribution is -2.05. The third kappa shape index (κ3) is 1.18. The molecule has 74 valence electrons. The molecule has 1 aliphatic carbocycles. The Kier molecular flexibility index (Phi) is 1.54. The van der Waals surface area contributed by atoms with Crippen LogP contribution in [0.5, 0.6) is 0 Å². The summed E-state index contributed by atoms with van der Waals surface area (Å²) >= 11 is 5.78. The van der Waals surface area contributed by atoms with Crippen LogP contribution in [0.3, 0.4) is 0 Å². The van der Waals surface area contributed by atoms with Gasteiger partial charge in [-0.3, -0.25) is 0 Å². The molecule has 1 fully saturated rings. The first kappa shape index (κ1) is 8.62. The van der Waals surface area contributed by atoms with Crippen molar-refractivity contribution in [3.8, 4) is 6.07 Å². The number of nitriles is 1. The number of fused-ring (bicyclic) bond motifs is 1. The van der Waals surface area contributed by atoms with E-state index in [9.17, 15) is 0 Å². The summed E-state index contributed by atoms with van der Waals surface area (Å²) in [5.74, 6) is 1.04. The van der Waals surface area contributed by atoms with Gasteiger partial charge in [0.2, 0.25) is 0 Å². The Labute approximate surface area is 90.3 Å². The van der Waals surface area contributed by atoms with Crippen LogP contribution in [0.2, 0.25) is 5.02 Å². The Bertz CT molecular complexity index is 578. The minimum atomic E-state index is -0.472. The Morgan fingerprint density at radius 1 is 1.53 bits per heavy atom. The van der Waals surface area contributed by atoms with Gasteiger partial charge in [0.25, 0.3) is 5.78 Å². The SMILES string of the molecule is N#CC1(c2nc3ncc(Cl)cn3n2)CC1. The number of halogens is 1. The molecule has 3 rings (SSSR count). The summed E-state index contributed by atoms with van der Waals surface area (Å²) in [6.45, 7) is 0. The molecule has 1 aliphatic rings. The molecule has 0 saturated heterocycles. The van der Waals surface area contributed by atoms with Crippen molar-refractivity contribution in [1.29, 1.82) is 5.26 Å². The predicted molar refractivity (Wildman–Crippen MR) is 52.3 cm³/mol. The van der Waals surface area contributed by atoms with Crippen molar-refractivity contribution in [2.45, 2.75) is 18.3 Å². The van der Waals surface area contributed by atoms with Gasteiger partial charge in [-0.05, 0) is 12.8 Å². The van der Waals surface area contributed by atoms with Crippen LogP contribution in [0, 0.1) is 11.3 Å². The minimum absolute atomic E-state index is 0.472. The van der Waals surface area contributed by atoms with Crippen LogP contribution >= 0.6 is 11.6 Å². The highest BCUT2D eigenvalue weighted by Crippen LogP contribution is 2.45. The zero-order valence-corrected chi connectivity index (χ0v) is 8.44. The van der Waals surface area contributed by atoms with Gasteiger partial charge in [-0.15, -0.1) is 5.10 Å². The fraction of sp³-hybridized carbons (Fsp3) is 0.333. The average molecular weight is 220 g/mol. The standard InChI is InChI=1S/C9H6ClN5/c10-6-3-12-8-13-7(14-15(8)4-6)9(5-11)1-2-9/h3-4H,1-2H2. The van der Waals surface area contributed by atoms with E-state index in [0.717, 1.165) is 12.8 Å². The molecule has 0 unspecified atom stereocenters. The molecule has 0 aliphatic heterocycles. The molecule has 6 heteroatoms. The van der Waals surface area contributed by atoms with Gasteiger partial charge in [0, 0.05) is 0 Å². The molecule has 1 saturated carbocycles. The third-order valence-electron chi connectivity index (χ3n) is 2.55. The molecule has 5 nitrogen and oxygen atoms in total. The maximum absolute atomic E-state index is 9.00. The second-order valence-electron chi connectivity index (χ2n) is 3.65. The quantitative estimate of drug-likeness (QED) is 0.726. The van der Waals surface area contributed by atoms with Gasteiger partial charge >= 0.3 is 0 Å². The lowest BCUT2D eigenvalue weighted by molar-refractivity contribution is 0.784. The van der Waals surface area contributed by atoms with E-state index in [0.29, 0.717) is 16.6 Å². The topological polar surface area (TPSA) is 66.9 Å². The maximum Gasteiger partial charge on any atom is 0.252 e. The summed E-state index contributed by atoms with van der Waals surface area (Å²) in [6.07, 6.45) is 4.80. The van der Waals surface area contributed by atoms with E-state index in [1.54, 1.807) is 6.20 Å². The summed E-state index contributed by atoms with van der Waals surface area (Å²) in [5.41, 5.74) is -0.472. The highest BCUT2D eigenvalue weighted by molar-refractivity contribution is 6.30. The van der Waals surface area contributed by atoms with Crippen LogP contribution in [-0.4, -0.2) is 19.6 Å². The lowest BCUT2D eigenvalue weighted by Gasteiger charge is -1.94. The first-order valence-corrected chi connectivity index (χ1v) is 4.91. The maximum atomic E-state index is 9.00. The minimum Gasteiger partial charge on any atom is -0.218 e. The molecule has 2 heterocycles. The average Bonchev–Trinajstić information content (AvgIpc) is 2.93. The molecule has 0 amide bonds. The molecule has 0 radical (unpaired) electrons.